The highest BCUT2D eigenvalue weighted by molar-refractivity contribution is 7.40. The van der Waals surface area contributed by atoms with Crippen molar-refractivity contribution in [1.29, 1.82) is 0 Å². The van der Waals surface area contributed by atoms with E-state index in [1.807, 2.05) is 227 Å². The van der Waals surface area contributed by atoms with Crippen molar-refractivity contribution in [3.05, 3.63) is 467 Å². The van der Waals surface area contributed by atoms with Crippen molar-refractivity contribution < 1.29 is 0 Å². The molecule has 0 saturated heterocycles. The normalized spacial score (nSPS) is 11.4. The van der Waals surface area contributed by atoms with Crippen LogP contribution in [0.15, 0.2) is 400 Å². The van der Waals surface area contributed by atoms with E-state index in [4.69, 9.17) is 0 Å². The molecule has 12 aromatic heterocycles. The first-order valence-electron chi connectivity index (χ1n) is 47.7. The van der Waals surface area contributed by atoms with Crippen LogP contribution in [-0.4, -0.2) is 0 Å². The molecule has 0 aliphatic carbocycles. The first-order valence-corrected chi connectivity index (χ1v) is 57.5. The first-order chi connectivity index (χ1) is 70.7. The molecule has 0 bridgehead atoms. The lowest BCUT2D eigenvalue weighted by Crippen LogP contribution is -1.75. The van der Waals surface area contributed by atoms with E-state index in [2.05, 4.69) is 386 Å². The maximum absolute atomic E-state index is 3.29. The van der Waals surface area contributed by atoms with Crippen LogP contribution in [0.2, 0.25) is 0 Å². The van der Waals surface area contributed by atoms with Gasteiger partial charge in [-0.3, -0.25) is 0 Å². The fraction of sp³-hybridized carbons (Fsp3) is 0.0455. The summed E-state index contributed by atoms with van der Waals surface area (Å²) in [6.45, 7) is 13.0. The van der Waals surface area contributed by atoms with Crippen LogP contribution in [0.1, 0.15) is 66.8 Å². The SMILES string of the molecule is Cc1ccc2c(c1)sc1c3ccc(-c4ccccc4)cc3sc21.Cc1ccc2c(c1)sc1c3ccc(-c4ccccc4)cc3sc21.Cc1ccc2c(c1)sc1c3ccc(-c4ccccc4)cc3sc21.Cc1ccc2c(c1)sc1c3ccc(C#Cc4ccccc4)cc3sc21.Cc1ccc2c(c1)sc1c3ccc(C#Cc4ccccc4)cc3sc21.Cc1ccc2c(c1)sc1c3ccc(C#Cc4ccccc4)cc3sc21. The maximum atomic E-state index is 3.29. The monoisotopic (exact) mass is 2050 g/mol. The molecule has 684 valence electrons. The molecule has 0 aliphatic rings. The Bertz CT molecular complexity index is 9490. The van der Waals surface area contributed by atoms with Crippen LogP contribution in [0.25, 0.3) is 211 Å². The van der Waals surface area contributed by atoms with E-state index in [1.165, 1.54) is 244 Å². The average molecular weight is 2050 g/mol. The van der Waals surface area contributed by atoms with Crippen LogP contribution >= 0.6 is 136 Å². The molecule has 0 saturated carbocycles. The summed E-state index contributed by atoms with van der Waals surface area (Å²) in [4.78, 5) is 0. The van der Waals surface area contributed by atoms with E-state index < -0.39 is 0 Å². The maximum Gasteiger partial charge on any atom is 0.0542 e. The molecule has 12 heterocycles. The molecule has 0 radical (unpaired) electrons. The highest BCUT2D eigenvalue weighted by atomic mass is 32.1. The molecule has 0 nitrogen and oxygen atoms in total. The Hall–Kier alpha value is -14.3. The van der Waals surface area contributed by atoms with Gasteiger partial charge in [0.15, 0.2) is 0 Å². The first kappa shape index (κ1) is 91.0. The lowest BCUT2D eigenvalue weighted by Gasteiger charge is -2.01. The third kappa shape index (κ3) is 18.1. The van der Waals surface area contributed by atoms with Crippen molar-refractivity contribution in [1.82, 2.24) is 0 Å². The van der Waals surface area contributed by atoms with E-state index in [9.17, 15) is 0 Å². The molecule has 30 aromatic rings. The summed E-state index contributed by atoms with van der Waals surface area (Å²) in [5.41, 5.74) is 22.1. The molecule has 0 spiro atoms. The number of hydrogen-bond donors (Lipinski definition) is 0. The van der Waals surface area contributed by atoms with E-state index in [0.717, 1.165) is 33.4 Å². The lowest BCUT2D eigenvalue weighted by molar-refractivity contribution is 1.52. The van der Waals surface area contributed by atoms with E-state index in [0.29, 0.717) is 0 Å². The van der Waals surface area contributed by atoms with Crippen LogP contribution < -0.4 is 0 Å². The smallest absolute Gasteiger partial charge is 0.0542 e. The number of aryl methyl sites for hydroxylation is 6. The summed E-state index contributed by atoms with van der Waals surface area (Å²) < 4.78 is 33.5. The third-order valence-corrected chi connectivity index (χ3v) is 41.1. The largest absolute Gasteiger partial charge is 0.134 e. The van der Waals surface area contributed by atoms with Crippen LogP contribution in [0.5, 0.6) is 0 Å². The number of rotatable bonds is 3. The Labute approximate surface area is 881 Å². The summed E-state index contributed by atoms with van der Waals surface area (Å²) in [6.07, 6.45) is 0. The number of benzene rings is 18. The van der Waals surface area contributed by atoms with Crippen molar-refractivity contribution in [3.63, 3.8) is 0 Å². The molecule has 30 rings (SSSR count). The Balaban J connectivity index is 0.0000000905. The average Bonchev–Trinajstić information content (AvgIpc) is 1.63. The summed E-state index contributed by atoms with van der Waals surface area (Å²) >= 11 is 22.9. The van der Waals surface area contributed by atoms with Crippen LogP contribution in [-0.2, 0) is 0 Å². The predicted molar refractivity (Wildman–Crippen MR) is 650 cm³/mol. The van der Waals surface area contributed by atoms with Gasteiger partial charge in [-0.25, -0.2) is 0 Å². The van der Waals surface area contributed by atoms with E-state index in [-0.39, 0.29) is 0 Å². The summed E-state index contributed by atoms with van der Waals surface area (Å²) in [6, 6.07) is 143. The van der Waals surface area contributed by atoms with Gasteiger partial charge < -0.3 is 0 Å². The van der Waals surface area contributed by atoms with Gasteiger partial charge in [-0.2, -0.15) is 0 Å². The predicted octanol–water partition coefficient (Wildman–Crippen LogP) is 42.7. The van der Waals surface area contributed by atoms with Crippen molar-refractivity contribution in [2.75, 3.05) is 0 Å². The Kier molecular flexibility index (Phi) is 24.7. The minimum Gasteiger partial charge on any atom is -0.134 e. The Morgan fingerprint density at radius 1 is 0.118 bits per heavy atom. The van der Waals surface area contributed by atoms with Gasteiger partial charge in [-0.1, -0.05) is 309 Å². The van der Waals surface area contributed by atoms with Gasteiger partial charge in [-0.15, -0.1) is 136 Å². The standard InChI is InChI=1S/3C23H14S2.3C21H14S2/c3*1-15-7-11-18-20(13-15)24-23-19-12-10-17(14-21(19)25-22(18)23)9-8-16-5-3-2-4-6-16;3*1-13-7-9-16-18(11-13)22-21-17-10-8-15(12-19(17)23-20(16)21)14-5-3-2-4-6-14/h3*2-7,10-14H,1H3;3*2-12H,1H3. The number of thiophene rings is 12. The molecule has 18 aromatic carbocycles. The van der Waals surface area contributed by atoms with E-state index in [1.54, 1.807) is 0 Å². The van der Waals surface area contributed by atoms with Gasteiger partial charge >= 0.3 is 0 Å². The molecule has 0 amide bonds. The molecular formula is C132H84S12. The molecular weight excluding hydrogens is 1970 g/mol. The third-order valence-electron chi connectivity index (χ3n) is 26.1. The number of fused-ring (bicyclic) bond motifs is 30. The Morgan fingerprint density at radius 3 is 0.451 bits per heavy atom. The second kappa shape index (κ2) is 39.1. The summed E-state index contributed by atoms with van der Waals surface area (Å²) in [7, 11) is 0. The van der Waals surface area contributed by atoms with Crippen molar-refractivity contribution in [2.45, 2.75) is 41.5 Å². The zero-order chi connectivity index (χ0) is 96.6. The van der Waals surface area contributed by atoms with Crippen LogP contribution in [0.3, 0.4) is 0 Å². The molecule has 0 fully saturated rings. The molecule has 12 heteroatoms. The van der Waals surface area contributed by atoms with Crippen LogP contribution in [0.4, 0.5) is 0 Å². The van der Waals surface area contributed by atoms with Crippen LogP contribution in [0, 0.1) is 77.1 Å². The molecule has 0 aliphatic heterocycles. The van der Waals surface area contributed by atoms with Crippen molar-refractivity contribution in [2.24, 2.45) is 0 Å². The summed E-state index contributed by atoms with van der Waals surface area (Å²) in [5.74, 6) is 19.6. The molecule has 144 heavy (non-hydrogen) atoms. The second-order valence-corrected chi connectivity index (χ2v) is 49.0. The molecule has 0 N–H and O–H groups in total. The number of hydrogen-bond acceptors (Lipinski definition) is 12. The van der Waals surface area contributed by atoms with Gasteiger partial charge in [0.1, 0.15) is 0 Å². The quantitative estimate of drug-likeness (QED) is 0.155. The van der Waals surface area contributed by atoms with Crippen molar-refractivity contribution in [3.8, 4) is 68.9 Å². The fourth-order valence-corrected chi connectivity index (χ4v) is 35.6. The van der Waals surface area contributed by atoms with Gasteiger partial charge in [0, 0.05) is 154 Å². The van der Waals surface area contributed by atoms with E-state index >= 15 is 0 Å². The highest BCUT2D eigenvalue weighted by Crippen LogP contribution is 2.52. The zero-order valence-electron chi connectivity index (χ0n) is 79.0. The zero-order valence-corrected chi connectivity index (χ0v) is 88.8. The minimum absolute atomic E-state index is 1.05. The van der Waals surface area contributed by atoms with Gasteiger partial charge in [0.2, 0.25) is 0 Å². The van der Waals surface area contributed by atoms with Gasteiger partial charge in [0.05, 0.1) is 56.4 Å². The topological polar surface area (TPSA) is 0 Å². The van der Waals surface area contributed by atoms with Gasteiger partial charge in [-0.05, 0) is 236 Å². The fourth-order valence-electron chi connectivity index (χ4n) is 18.8. The lowest BCUT2D eigenvalue weighted by atomic mass is 10.1. The summed E-state index contributed by atoms with van der Waals surface area (Å²) in [5, 5.41) is 16.6. The highest BCUT2D eigenvalue weighted by Gasteiger charge is 2.21. The second-order valence-electron chi connectivity index (χ2n) is 36.4. The van der Waals surface area contributed by atoms with Crippen molar-refractivity contribution >= 4 is 313 Å². The van der Waals surface area contributed by atoms with Gasteiger partial charge in [0.25, 0.3) is 0 Å². The Morgan fingerprint density at radius 2 is 0.264 bits per heavy atom. The minimum atomic E-state index is 1.05. The molecule has 0 atom stereocenters. The molecule has 0 unspecified atom stereocenters.